The van der Waals surface area contributed by atoms with Crippen molar-refractivity contribution in [1.29, 1.82) is 0 Å². The zero-order chi connectivity index (χ0) is 14.1. The van der Waals surface area contributed by atoms with E-state index in [1.807, 2.05) is 43.3 Å². The molecule has 3 rings (SSSR count). The van der Waals surface area contributed by atoms with E-state index in [0.717, 1.165) is 17.0 Å². The number of aromatic nitrogens is 4. The molecule has 0 amide bonds. The Bertz CT molecular complexity index is 731. The SMILES string of the molecule is Cc1cc(N)n(-c2ccc(-c3ccc(Cl)cc3)nn2)n1. The summed E-state index contributed by atoms with van der Waals surface area (Å²) in [7, 11) is 0. The van der Waals surface area contributed by atoms with E-state index >= 15 is 0 Å². The zero-order valence-corrected chi connectivity index (χ0v) is 11.5. The van der Waals surface area contributed by atoms with Crippen LogP contribution in [-0.4, -0.2) is 20.0 Å². The number of halogens is 1. The van der Waals surface area contributed by atoms with E-state index in [9.17, 15) is 0 Å². The summed E-state index contributed by atoms with van der Waals surface area (Å²) in [5.41, 5.74) is 8.42. The van der Waals surface area contributed by atoms with Crippen LogP contribution in [0.4, 0.5) is 5.82 Å². The predicted molar refractivity (Wildman–Crippen MR) is 78.7 cm³/mol. The monoisotopic (exact) mass is 285 g/mol. The molecule has 2 aromatic heterocycles. The summed E-state index contributed by atoms with van der Waals surface area (Å²) in [6, 6.07) is 12.9. The summed E-state index contributed by atoms with van der Waals surface area (Å²) in [5, 5.41) is 13.3. The van der Waals surface area contributed by atoms with Crippen LogP contribution in [0.25, 0.3) is 17.1 Å². The van der Waals surface area contributed by atoms with Crippen molar-refractivity contribution in [3.63, 3.8) is 0 Å². The number of nitrogen functional groups attached to an aromatic ring is 1. The van der Waals surface area contributed by atoms with Gasteiger partial charge in [0.05, 0.1) is 11.4 Å². The number of hydrogen-bond acceptors (Lipinski definition) is 4. The molecule has 6 heteroatoms. The molecule has 0 aliphatic rings. The van der Waals surface area contributed by atoms with Gasteiger partial charge in [0.1, 0.15) is 5.82 Å². The number of nitrogens with two attached hydrogens (primary N) is 1. The lowest BCUT2D eigenvalue weighted by atomic mass is 10.1. The van der Waals surface area contributed by atoms with E-state index < -0.39 is 0 Å². The van der Waals surface area contributed by atoms with Crippen LogP contribution in [0.2, 0.25) is 5.02 Å². The molecule has 20 heavy (non-hydrogen) atoms. The highest BCUT2D eigenvalue weighted by molar-refractivity contribution is 6.30. The molecule has 0 atom stereocenters. The van der Waals surface area contributed by atoms with Crippen LogP contribution in [0.15, 0.2) is 42.5 Å². The van der Waals surface area contributed by atoms with Gasteiger partial charge in [0.25, 0.3) is 0 Å². The zero-order valence-electron chi connectivity index (χ0n) is 10.8. The van der Waals surface area contributed by atoms with Crippen molar-refractivity contribution < 1.29 is 0 Å². The van der Waals surface area contributed by atoms with E-state index in [2.05, 4.69) is 15.3 Å². The third-order valence-corrected chi connectivity index (χ3v) is 3.12. The second kappa shape index (κ2) is 4.94. The van der Waals surface area contributed by atoms with Crippen LogP contribution in [-0.2, 0) is 0 Å². The molecular formula is C14H12ClN5. The smallest absolute Gasteiger partial charge is 0.178 e. The van der Waals surface area contributed by atoms with Crippen molar-refractivity contribution in [2.45, 2.75) is 6.92 Å². The summed E-state index contributed by atoms with van der Waals surface area (Å²) in [5.74, 6) is 1.13. The van der Waals surface area contributed by atoms with Gasteiger partial charge in [-0.1, -0.05) is 23.7 Å². The molecule has 100 valence electrons. The fourth-order valence-electron chi connectivity index (χ4n) is 1.92. The van der Waals surface area contributed by atoms with E-state index in [1.165, 1.54) is 0 Å². The molecule has 0 saturated carbocycles. The summed E-state index contributed by atoms with van der Waals surface area (Å²) in [6.45, 7) is 1.88. The van der Waals surface area contributed by atoms with Crippen molar-refractivity contribution in [3.8, 4) is 17.1 Å². The van der Waals surface area contributed by atoms with Crippen molar-refractivity contribution >= 4 is 17.4 Å². The molecule has 1 aromatic carbocycles. The molecule has 0 unspecified atom stereocenters. The Kier molecular flexibility index (Phi) is 3.12. The number of benzene rings is 1. The summed E-state index contributed by atoms with van der Waals surface area (Å²) < 4.78 is 1.56. The largest absolute Gasteiger partial charge is 0.384 e. The fraction of sp³-hybridized carbons (Fsp3) is 0.0714. The highest BCUT2D eigenvalue weighted by atomic mass is 35.5. The molecule has 5 nitrogen and oxygen atoms in total. The maximum atomic E-state index is 5.86. The van der Waals surface area contributed by atoms with Gasteiger partial charge in [-0.3, -0.25) is 0 Å². The molecule has 0 bridgehead atoms. The molecule has 3 aromatic rings. The third-order valence-electron chi connectivity index (χ3n) is 2.87. The first-order valence-electron chi connectivity index (χ1n) is 6.06. The van der Waals surface area contributed by atoms with Gasteiger partial charge in [-0.15, -0.1) is 10.2 Å². The summed E-state index contributed by atoms with van der Waals surface area (Å²) in [4.78, 5) is 0. The third kappa shape index (κ3) is 2.35. The summed E-state index contributed by atoms with van der Waals surface area (Å²) in [6.07, 6.45) is 0. The lowest BCUT2D eigenvalue weighted by Gasteiger charge is -2.04. The highest BCUT2D eigenvalue weighted by Gasteiger charge is 2.07. The number of hydrogen-bond donors (Lipinski definition) is 1. The van der Waals surface area contributed by atoms with Gasteiger partial charge in [-0.2, -0.15) is 9.78 Å². The number of rotatable bonds is 2. The molecular weight excluding hydrogens is 274 g/mol. The molecule has 0 fully saturated rings. The average molecular weight is 286 g/mol. The highest BCUT2D eigenvalue weighted by Crippen LogP contribution is 2.20. The topological polar surface area (TPSA) is 69.6 Å². The van der Waals surface area contributed by atoms with Gasteiger partial charge in [-0.05, 0) is 31.2 Å². The van der Waals surface area contributed by atoms with Gasteiger partial charge in [-0.25, -0.2) is 0 Å². The Morgan fingerprint density at radius 3 is 2.35 bits per heavy atom. The Balaban J connectivity index is 1.95. The van der Waals surface area contributed by atoms with E-state index in [0.29, 0.717) is 16.7 Å². The minimum atomic E-state index is 0.538. The first-order chi connectivity index (χ1) is 9.63. The number of nitrogens with zero attached hydrogens (tertiary/aromatic N) is 4. The molecule has 0 aliphatic heterocycles. The van der Waals surface area contributed by atoms with E-state index in [4.69, 9.17) is 17.3 Å². The second-order valence-corrected chi connectivity index (χ2v) is 4.84. The molecule has 0 saturated heterocycles. The Morgan fingerprint density at radius 1 is 1.05 bits per heavy atom. The first-order valence-corrected chi connectivity index (χ1v) is 6.43. The minimum absolute atomic E-state index is 0.538. The Morgan fingerprint density at radius 2 is 1.80 bits per heavy atom. The van der Waals surface area contributed by atoms with Gasteiger partial charge < -0.3 is 5.73 Å². The Hall–Kier alpha value is -2.40. The molecule has 2 heterocycles. The van der Waals surface area contributed by atoms with Crippen molar-refractivity contribution in [2.24, 2.45) is 0 Å². The number of anilines is 1. The van der Waals surface area contributed by atoms with E-state index in [-0.39, 0.29) is 0 Å². The van der Waals surface area contributed by atoms with Crippen molar-refractivity contribution in [3.05, 3.63) is 53.2 Å². The second-order valence-electron chi connectivity index (χ2n) is 4.41. The average Bonchev–Trinajstić information content (AvgIpc) is 2.79. The lowest BCUT2D eigenvalue weighted by Crippen LogP contribution is -2.05. The minimum Gasteiger partial charge on any atom is -0.384 e. The predicted octanol–water partition coefficient (Wildman–Crippen LogP) is 2.87. The molecule has 0 aliphatic carbocycles. The van der Waals surface area contributed by atoms with Crippen LogP contribution < -0.4 is 5.73 Å². The Labute approximate surface area is 121 Å². The maximum Gasteiger partial charge on any atom is 0.178 e. The standard InChI is InChI=1S/C14H12ClN5/c1-9-8-13(16)20(19-9)14-7-6-12(17-18-14)10-2-4-11(15)5-3-10/h2-8H,16H2,1H3. The molecule has 2 N–H and O–H groups in total. The number of aryl methyl sites for hydroxylation is 1. The lowest BCUT2D eigenvalue weighted by molar-refractivity contribution is 0.813. The van der Waals surface area contributed by atoms with Crippen LogP contribution in [0.1, 0.15) is 5.69 Å². The molecule has 0 radical (unpaired) electrons. The quantitative estimate of drug-likeness (QED) is 0.786. The van der Waals surface area contributed by atoms with Gasteiger partial charge in [0, 0.05) is 16.7 Å². The van der Waals surface area contributed by atoms with Crippen LogP contribution in [0.3, 0.4) is 0 Å². The van der Waals surface area contributed by atoms with Gasteiger partial charge in [0.2, 0.25) is 0 Å². The van der Waals surface area contributed by atoms with Crippen LogP contribution in [0, 0.1) is 6.92 Å². The van der Waals surface area contributed by atoms with Gasteiger partial charge >= 0.3 is 0 Å². The van der Waals surface area contributed by atoms with Crippen LogP contribution >= 0.6 is 11.6 Å². The fourth-order valence-corrected chi connectivity index (χ4v) is 2.04. The first kappa shape index (κ1) is 12.6. The summed E-state index contributed by atoms with van der Waals surface area (Å²) >= 11 is 5.86. The van der Waals surface area contributed by atoms with Crippen LogP contribution in [0.5, 0.6) is 0 Å². The van der Waals surface area contributed by atoms with E-state index in [1.54, 1.807) is 10.7 Å². The maximum absolute atomic E-state index is 5.86. The van der Waals surface area contributed by atoms with Crippen molar-refractivity contribution in [1.82, 2.24) is 20.0 Å². The molecule has 0 spiro atoms. The normalized spacial score (nSPS) is 10.7. The van der Waals surface area contributed by atoms with Crippen molar-refractivity contribution in [2.75, 3.05) is 5.73 Å². The van der Waals surface area contributed by atoms with Gasteiger partial charge in [0.15, 0.2) is 5.82 Å².